The van der Waals surface area contributed by atoms with E-state index in [2.05, 4.69) is 5.32 Å². The maximum absolute atomic E-state index is 13.1. The number of rotatable bonds is 4. The maximum Gasteiger partial charge on any atom is 0.238 e. The Labute approximate surface area is 165 Å². The third kappa shape index (κ3) is 4.87. The SMILES string of the molecule is O=C(CN1CCOC(c2ccc(F)cc2)C1)Nc1cc(Cl)c(Cl)cc1Cl. The number of benzene rings is 2. The second-order valence-electron chi connectivity index (χ2n) is 5.94. The van der Waals surface area contributed by atoms with Gasteiger partial charge in [0.25, 0.3) is 0 Å². The highest BCUT2D eigenvalue weighted by Crippen LogP contribution is 2.32. The average Bonchev–Trinajstić information content (AvgIpc) is 2.60. The molecular formula is C18H16Cl3FN2O2. The Morgan fingerprint density at radius 2 is 1.85 bits per heavy atom. The molecule has 2 aromatic carbocycles. The standard InChI is InChI=1S/C18H16Cl3FN2O2/c19-13-7-15(21)16(8-14(13)20)23-18(25)10-24-5-6-26-17(9-24)11-1-3-12(22)4-2-11/h1-4,7-8,17H,5-6,9-10H2,(H,23,25). The van der Waals surface area contributed by atoms with Gasteiger partial charge in [-0.1, -0.05) is 46.9 Å². The molecule has 1 N–H and O–H groups in total. The van der Waals surface area contributed by atoms with Crippen LogP contribution in [0.15, 0.2) is 36.4 Å². The van der Waals surface area contributed by atoms with Crippen molar-refractivity contribution in [1.29, 1.82) is 0 Å². The molecule has 1 aliphatic heterocycles. The fourth-order valence-corrected chi connectivity index (χ4v) is 3.33. The summed E-state index contributed by atoms with van der Waals surface area (Å²) in [5.41, 5.74) is 1.29. The number of morpholine rings is 1. The zero-order chi connectivity index (χ0) is 18.7. The topological polar surface area (TPSA) is 41.6 Å². The molecule has 1 atom stereocenters. The Kier molecular flexibility index (Phi) is 6.37. The van der Waals surface area contributed by atoms with Crippen molar-refractivity contribution in [3.05, 3.63) is 62.8 Å². The first-order valence-electron chi connectivity index (χ1n) is 7.96. The highest BCUT2D eigenvalue weighted by molar-refractivity contribution is 6.44. The van der Waals surface area contributed by atoms with E-state index in [1.807, 2.05) is 4.90 Å². The summed E-state index contributed by atoms with van der Waals surface area (Å²) in [4.78, 5) is 14.3. The van der Waals surface area contributed by atoms with Crippen molar-refractivity contribution in [3.63, 3.8) is 0 Å². The molecule has 4 nitrogen and oxygen atoms in total. The van der Waals surface area contributed by atoms with E-state index in [1.165, 1.54) is 24.3 Å². The van der Waals surface area contributed by atoms with Crippen LogP contribution in [0.1, 0.15) is 11.7 Å². The van der Waals surface area contributed by atoms with E-state index in [4.69, 9.17) is 39.5 Å². The van der Waals surface area contributed by atoms with Gasteiger partial charge in [0.15, 0.2) is 0 Å². The van der Waals surface area contributed by atoms with E-state index in [-0.39, 0.29) is 24.4 Å². The van der Waals surface area contributed by atoms with Crippen LogP contribution in [0.4, 0.5) is 10.1 Å². The van der Waals surface area contributed by atoms with Crippen LogP contribution in [0.25, 0.3) is 0 Å². The van der Waals surface area contributed by atoms with Crippen molar-refractivity contribution < 1.29 is 13.9 Å². The van der Waals surface area contributed by atoms with Crippen LogP contribution < -0.4 is 5.32 Å². The summed E-state index contributed by atoms with van der Waals surface area (Å²) >= 11 is 17.9. The number of carbonyl (C=O) groups is 1. The van der Waals surface area contributed by atoms with Gasteiger partial charge in [-0.15, -0.1) is 0 Å². The van der Waals surface area contributed by atoms with E-state index in [0.717, 1.165) is 5.56 Å². The predicted molar refractivity (Wildman–Crippen MR) is 102 cm³/mol. The molecule has 1 amide bonds. The molecule has 1 heterocycles. The van der Waals surface area contributed by atoms with E-state index in [0.29, 0.717) is 40.5 Å². The number of carbonyl (C=O) groups excluding carboxylic acids is 1. The zero-order valence-electron chi connectivity index (χ0n) is 13.6. The molecule has 0 aromatic heterocycles. The minimum absolute atomic E-state index is 0.178. The van der Waals surface area contributed by atoms with Gasteiger partial charge in [0.1, 0.15) is 5.82 Å². The molecule has 1 aliphatic rings. The third-order valence-electron chi connectivity index (χ3n) is 4.04. The monoisotopic (exact) mass is 416 g/mol. The van der Waals surface area contributed by atoms with Crippen LogP contribution >= 0.6 is 34.8 Å². The van der Waals surface area contributed by atoms with Gasteiger partial charge in [0.2, 0.25) is 5.91 Å². The summed E-state index contributed by atoms with van der Waals surface area (Å²) in [6.45, 7) is 1.83. The second kappa shape index (κ2) is 8.55. The van der Waals surface area contributed by atoms with Crippen molar-refractivity contribution >= 4 is 46.4 Å². The number of nitrogens with zero attached hydrogens (tertiary/aromatic N) is 1. The van der Waals surface area contributed by atoms with E-state index in [1.54, 1.807) is 12.1 Å². The minimum atomic E-state index is -0.292. The number of nitrogens with one attached hydrogen (secondary N) is 1. The summed E-state index contributed by atoms with van der Waals surface area (Å²) in [5, 5.41) is 3.70. The Balaban J connectivity index is 1.60. The van der Waals surface area contributed by atoms with E-state index in [9.17, 15) is 9.18 Å². The first-order chi connectivity index (χ1) is 12.4. The van der Waals surface area contributed by atoms with Gasteiger partial charge < -0.3 is 10.1 Å². The smallest absolute Gasteiger partial charge is 0.238 e. The van der Waals surface area contributed by atoms with Gasteiger partial charge in [-0.05, 0) is 29.8 Å². The molecule has 1 unspecified atom stereocenters. The van der Waals surface area contributed by atoms with Gasteiger partial charge in [0, 0.05) is 13.1 Å². The summed E-state index contributed by atoms with van der Waals surface area (Å²) in [6.07, 6.45) is -0.203. The third-order valence-corrected chi connectivity index (χ3v) is 5.08. The first kappa shape index (κ1) is 19.4. The lowest BCUT2D eigenvalue weighted by atomic mass is 10.1. The molecule has 138 valence electrons. The Morgan fingerprint density at radius 1 is 1.15 bits per heavy atom. The van der Waals surface area contributed by atoms with Crippen LogP contribution in [-0.4, -0.2) is 37.0 Å². The number of halogens is 4. The Bertz CT molecular complexity index is 802. The molecular weight excluding hydrogens is 402 g/mol. The van der Waals surface area contributed by atoms with Gasteiger partial charge in [-0.25, -0.2) is 4.39 Å². The molecule has 0 aliphatic carbocycles. The van der Waals surface area contributed by atoms with Crippen molar-refractivity contribution in [2.24, 2.45) is 0 Å². The summed E-state index contributed by atoms with van der Waals surface area (Å²) < 4.78 is 18.8. The van der Waals surface area contributed by atoms with E-state index >= 15 is 0 Å². The molecule has 0 spiro atoms. The lowest BCUT2D eigenvalue weighted by Gasteiger charge is -2.32. The van der Waals surface area contributed by atoms with Crippen LogP contribution in [-0.2, 0) is 9.53 Å². The number of hydrogen-bond donors (Lipinski definition) is 1. The number of anilines is 1. The molecule has 2 aromatic rings. The van der Waals surface area contributed by atoms with E-state index < -0.39 is 0 Å². The second-order valence-corrected chi connectivity index (χ2v) is 7.16. The molecule has 26 heavy (non-hydrogen) atoms. The molecule has 0 radical (unpaired) electrons. The molecule has 3 rings (SSSR count). The van der Waals surface area contributed by atoms with Crippen LogP contribution in [0.5, 0.6) is 0 Å². The lowest BCUT2D eigenvalue weighted by Crippen LogP contribution is -2.42. The van der Waals surface area contributed by atoms with Gasteiger partial charge in [-0.3, -0.25) is 9.69 Å². The average molecular weight is 418 g/mol. The number of ether oxygens (including phenoxy) is 1. The van der Waals surface area contributed by atoms with Crippen molar-refractivity contribution in [2.75, 3.05) is 31.6 Å². The molecule has 8 heteroatoms. The highest BCUT2D eigenvalue weighted by Gasteiger charge is 2.23. The molecule has 0 saturated carbocycles. The van der Waals surface area contributed by atoms with Crippen LogP contribution in [0.3, 0.4) is 0 Å². The first-order valence-corrected chi connectivity index (χ1v) is 9.09. The Morgan fingerprint density at radius 3 is 2.58 bits per heavy atom. The quantitative estimate of drug-likeness (QED) is 0.727. The maximum atomic E-state index is 13.1. The minimum Gasteiger partial charge on any atom is -0.371 e. The lowest BCUT2D eigenvalue weighted by molar-refractivity contribution is -0.119. The Hall–Kier alpha value is -1.37. The number of amides is 1. The predicted octanol–water partition coefficient (Wildman–Crippen LogP) is 4.80. The fraction of sp³-hybridized carbons (Fsp3) is 0.278. The zero-order valence-corrected chi connectivity index (χ0v) is 15.9. The normalized spacial score (nSPS) is 17.9. The largest absolute Gasteiger partial charge is 0.371 e. The van der Waals surface area contributed by atoms with Gasteiger partial charge >= 0.3 is 0 Å². The highest BCUT2D eigenvalue weighted by atomic mass is 35.5. The van der Waals surface area contributed by atoms with Crippen molar-refractivity contribution in [1.82, 2.24) is 4.90 Å². The summed E-state index contributed by atoms with van der Waals surface area (Å²) in [6, 6.07) is 9.19. The molecule has 0 bridgehead atoms. The van der Waals surface area contributed by atoms with Gasteiger partial charge in [-0.2, -0.15) is 0 Å². The van der Waals surface area contributed by atoms with Crippen LogP contribution in [0, 0.1) is 5.82 Å². The van der Waals surface area contributed by atoms with Crippen molar-refractivity contribution in [3.8, 4) is 0 Å². The summed E-state index contributed by atoms with van der Waals surface area (Å²) in [5.74, 6) is -0.510. The molecule has 1 saturated heterocycles. The number of hydrogen-bond acceptors (Lipinski definition) is 3. The fourth-order valence-electron chi connectivity index (χ4n) is 2.74. The van der Waals surface area contributed by atoms with Crippen LogP contribution in [0.2, 0.25) is 15.1 Å². The van der Waals surface area contributed by atoms with Crippen molar-refractivity contribution in [2.45, 2.75) is 6.10 Å². The molecule has 1 fully saturated rings. The van der Waals surface area contributed by atoms with Gasteiger partial charge in [0.05, 0.1) is 40.0 Å². The summed E-state index contributed by atoms with van der Waals surface area (Å²) in [7, 11) is 0.